The van der Waals surface area contributed by atoms with Crippen molar-refractivity contribution in [3.8, 4) is 11.5 Å². The minimum atomic E-state index is 0.00371. The highest BCUT2D eigenvalue weighted by molar-refractivity contribution is 5.98. The van der Waals surface area contributed by atoms with E-state index in [0.717, 1.165) is 41.0 Å². The number of nitrogens with zero attached hydrogens (tertiary/aromatic N) is 1. The Hall–Kier alpha value is -2.82. The third-order valence-electron chi connectivity index (χ3n) is 5.57. The lowest BCUT2D eigenvalue weighted by Gasteiger charge is -2.26. The molecule has 1 atom stereocenters. The lowest BCUT2D eigenvalue weighted by Crippen LogP contribution is -2.35. The van der Waals surface area contributed by atoms with Gasteiger partial charge >= 0.3 is 0 Å². The first kappa shape index (κ1) is 18.5. The lowest BCUT2D eigenvalue weighted by molar-refractivity contribution is -0.118. The summed E-state index contributed by atoms with van der Waals surface area (Å²) in [7, 11) is 1.67. The molecule has 1 unspecified atom stereocenters. The smallest absolute Gasteiger partial charge is 0.247 e. The van der Waals surface area contributed by atoms with Crippen LogP contribution in [0.25, 0.3) is 6.08 Å². The van der Waals surface area contributed by atoms with Gasteiger partial charge in [0.1, 0.15) is 0 Å². The second-order valence-corrected chi connectivity index (χ2v) is 7.50. The SMILES string of the molecule is COc1ccc(C2CNC(=O)C(=Cc3ccncc3)C2)cc1OC1CCCC1. The molecule has 0 spiro atoms. The number of methoxy groups -OCH3 is 1. The zero-order valence-corrected chi connectivity index (χ0v) is 16.2. The number of pyridine rings is 1. The van der Waals surface area contributed by atoms with Crippen LogP contribution in [0.2, 0.25) is 0 Å². The van der Waals surface area contributed by atoms with E-state index in [-0.39, 0.29) is 17.9 Å². The number of piperidine rings is 1. The third kappa shape index (κ3) is 4.19. The van der Waals surface area contributed by atoms with Crippen molar-refractivity contribution in [1.82, 2.24) is 10.3 Å². The van der Waals surface area contributed by atoms with Crippen LogP contribution in [0.4, 0.5) is 0 Å². The maximum Gasteiger partial charge on any atom is 0.247 e. The number of amides is 1. The van der Waals surface area contributed by atoms with E-state index in [2.05, 4.69) is 22.4 Å². The van der Waals surface area contributed by atoms with Gasteiger partial charge in [0.05, 0.1) is 13.2 Å². The first-order valence-electron chi connectivity index (χ1n) is 9.96. The molecule has 1 aromatic carbocycles. The van der Waals surface area contributed by atoms with E-state index in [1.807, 2.05) is 24.3 Å². The molecule has 1 aromatic heterocycles. The molecule has 5 heteroatoms. The van der Waals surface area contributed by atoms with Crippen molar-refractivity contribution < 1.29 is 14.3 Å². The molecule has 1 aliphatic heterocycles. The van der Waals surface area contributed by atoms with E-state index in [1.54, 1.807) is 19.5 Å². The molecule has 1 aliphatic carbocycles. The van der Waals surface area contributed by atoms with Crippen LogP contribution in [0, 0.1) is 0 Å². The summed E-state index contributed by atoms with van der Waals surface area (Å²) in [6, 6.07) is 9.95. The minimum Gasteiger partial charge on any atom is -0.493 e. The van der Waals surface area contributed by atoms with E-state index in [0.29, 0.717) is 13.0 Å². The molecule has 28 heavy (non-hydrogen) atoms. The van der Waals surface area contributed by atoms with Gasteiger partial charge in [-0.2, -0.15) is 0 Å². The molecule has 2 heterocycles. The Morgan fingerprint density at radius 3 is 2.64 bits per heavy atom. The largest absolute Gasteiger partial charge is 0.493 e. The van der Waals surface area contributed by atoms with Gasteiger partial charge in [-0.05, 0) is 73.6 Å². The number of hydrogen-bond donors (Lipinski definition) is 1. The van der Waals surface area contributed by atoms with Crippen LogP contribution in [-0.2, 0) is 4.79 Å². The maximum absolute atomic E-state index is 12.3. The van der Waals surface area contributed by atoms with Crippen LogP contribution < -0.4 is 14.8 Å². The molecule has 0 bridgehead atoms. The molecule has 4 rings (SSSR count). The van der Waals surface area contributed by atoms with Crippen molar-refractivity contribution in [3.05, 3.63) is 59.4 Å². The van der Waals surface area contributed by atoms with Gasteiger partial charge in [-0.1, -0.05) is 6.07 Å². The van der Waals surface area contributed by atoms with Crippen LogP contribution in [0.3, 0.4) is 0 Å². The van der Waals surface area contributed by atoms with Crippen molar-refractivity contribution in [2.75, 3.05) is 13.7 Å². The van der Waals surface area contributed by atoms with Gasteiger partial charge in [0.25, 0.3) is 0 Å². The van der Waals surface area contributed by atoms with Crippen molar-refractivity contribution in [2.45, 2.75) is 44.1 Å². The molecule has 1 saturated carbocycles. The summed E-state index contributed by atoms with van der Waals surface area (Å²) < 4.78 is 11.7. The maximum atomic E-state index is 12.3. The predicted octanol–water partition coefficient (Wildman–Crippen LogP) is 4.10. The molecule has 1 saturated heterocycles. The van der Waals surface area contributed by atoms with Gasteiger partial charge in [0, 0.05) is 30.4 Å². The normalized spacial score (nSPS) is 21.5. The summed E-state index contributed by atoms with van der Waals surface area (Å²) in [4.78, 5) is 16.4. The fraction of sp³-hybridized carbons (Fsp3) is 0.391. The molecule has 2 fully saturated rings. The molecule has 1 amide bonds. The van der Waals surface area contributed by atoms with E-state index < -0.39 is 0 Å². The number of nitrogens with one attached hydrogen (secondary N) is 1. The zero-order chi connectivity index (χ0) is 19.3. The van der Waals surface area contributed by atoms with Gasteiger partial charge in [-0.3, -0.25) is 9.78 Å². The molecule has 146 valence electrons. The summed E-state index contributed by atoms with van der Waals surface area (Å²) in [5.74, 6) is 1.79. The fourth-order valence-electron chi connectivity index (χ4n) is 4.01. The quantitative estimate of drug-likeness (QED) is 0.796. The summed E-state index contributed by atoms with van der Waals surface area (Å²) >= 11 is 0. The lowest BCUT2D eigenvalue weighted by atomic mass is 9.87. The Bertz CT molecular complexity index is 857. The number of carbonyl (C=O) groups is 1. The topological polar surface area (TPSA) is 60.5 Å². The van der Waals surface area contributed by atoms with Gasteiger partial charge < -0.3 is 14.8 Å². The highest BCUT2D eigenvalue weighted by atomic mass is 16.5. The zero-order valence-electron chi connectivity index (χ0n) is 16.2. The van der Waals surface area contributed by atoms with Crippen LogP contribution >= 0.6 is 0 Å². The van der Waals surface area contributed by atoms with Gasteiger partial charge in [-0.15, -0.1) is 0 Å². The number of aromatic nitrogens is 1. The number of hydrogen-bond acceptors (Lipinski definition) is 4. The van der Waals surface area contributed by atoms with Crippen LogP contribution in [-0.4, -0.2) is 30.6 Å². The summed E-state index contributed by atoms with van der Waals surface area (Å²) in [5.41, 5.74) is 2.94. The fourth-order valence-corrected chi connectivity index (χ4v) is 4.01. The van der Waals surface area contributed by atoms with Crippen LogP contribution in [0.15, 0.2) is 48.3 Å². The highest BCUT2D eigenvalue weighted by Gasteiger charge is 2.26. The van der Waals surface area contributed by atoms with Gasteiger partial charge in [-0.25, -0.2) is 0 Å². The monoisotopic (exact) mass is 378 g/mol. The molecule has 5 nitrogen and oxygen atoms in total. The molecule has 2 aromatic rings. The van der Waals surface area contributed by atoms with Gasteiger partial charge in [0.2, 0.25) is 5.91 Å². The number of carbonyl (C=O) groups excluding carboxylic acids is 1. The average Bonchev–Trinajstić information content (AvgIpc) is 3.23. The van der Waals surface area contributed by atoms with E-state index in [4.69, 9.17) is 9.47 Å². The minimum absolute atomic E-state index is 0.00371. The van der Waals surface area contributed by atoms with Crippen LogP contribution in [0.5, 0.6) is 11.5 Å². The van der Waals surface area contributed by atoms with E-state index in [1.165, 1.54) is 12.8 Å². The summed E-state index contributed by atoms with van der Waals surface area (Å²) in [6.07, 6.45) is 11.1. The van der Waals surface area contributed by atoms with Crippen molar-refractivity contribution in [3.63, 3.8) is 0 Å². The molecule has 1 N–H and O–H groups in total. The Labute approximate surface area is 165 Å². The Kier molecular flexibility index (Phi) is 5.60. The average molecular weight is 378 g/mol. The number of benzene rings is 1. The highest BCUT2D eigenvalue weighted by Crippen LogP contribution is 2.36. The predicted molar refractivity (Wildman–Crippen MR) is 108 cm³/mol. The summed E-state index contributed by atoms with van der Waals surface area (Å²) in [6.45, 7) is 0.627. The Balaban J connectivity index is 1.56. The van der Waals surface area contributed by atoms with Crippen molar-refractivity contribution >= 4 is 12.0 Å². The first-order valence-corrected chi connectivity index (χ1v) is 9.96. The Morgan fingerprint density at radius 2 is 1.89 bits per heavy atom. The molecular weight excluding hydrogens is 352 g/mol. The van der Waals surface area contributed by atoms with E-state index >= 15 is 0 Å². The molecule has 0 radical (unpaired) electrons. The van der Waals surface area contributed by atoms with Crippen molar-refractivity contribution in [1.29, 1.82) is 0 Å². The molecular formula is C23H26N2O3. The van der Waals surface area contributed by atoms with E-state index in [9.17, 15) is 4.79 Å². The third-order valence-corrected chi connectivity index (χ3v) is 5.57. The second kappa shape index (κ2) is 8.46. The van der Waals surface area contributed by atoms with Crippen LogP contribution in [0.1, 0.15) is 49.1 Å². The number of rotatable bonds is 5. The Morgan fingerprint density at radius 1 is 1.11 bits per heavy atom. The molecule has 2 aliphatic rings. The van der Waals surface area contributed by atoms with Gasteiger partial charge in [0.15, 0.2) is 11.5 Å². The first-order chi connectivity index (χ1) is 13.7. The second-order valence-electron chi connectivity index (χ2n) is 7.50. The summed E-state index contributed by atoms with van der Waals surface area (Å²) in [5, 5.41) is 3.03. The standard InChI is InChI=1S/C23H26N2O3/c1-27-21-7-6-17(14-22(21)28-20-4-2-3-5-20)19-13-18(23(26)25-15-19)12-16-8-10-24-11-9-16/h6-12,14,19-20H,2-5,13,15H2,1H3,(H,25,26). The number of ether oxygens (including phenoxy) is 2. The van der Waals surface area contributed by atoms with Crippen molar-refractivity contribution in [2.24, 2.45) is 0 Å².